The van der Waals surface area contributed by atoms with Crippen LogP contribution in [-0.2, 0) is 10.0 Å². The van der Waals surface area contributed by atoms with Crippen LogP contribution in [0.2, 0.25) is 0 Å². The van der Waals surface area contributed by atoms with Crippen LogP contribution in [0.25, 0.3) is 0 Å². The third kappa shape index (κ3) is 3.68. The molecule has 1 N–H and O–H groups in total. The summed E-state index contributed by atoms with van der Waals surface area (Å²) in [5, 5.41) is 3.12. The quantitative estimate of drug-likeness (QED) is 0.836. The molecule has 1 aliphatic heterocycles. The molecule has 0 aromatic heterocycles. The van der Waals surface area contributed by atoms with Crippen molar-refractivity contribution < 1.29 is 8.42 Å². The second-order valence-corrected chi connectivity index (χ2v) is 7.48. The van der Waals surface area contributed by atoms with Crippen molar-refractivity contribution in [3.05, 3.63) is 24.3 Å². The number of rotatable bonds is 5. The Morgan fingerprint density at radius 2 is 2.10 bits per heavy atom. The highest BCUT2D eigenvalue weighted by Crippen LogP contribution is 2.30. The van der Waals surface area contributed by atoms with E-state index in [4.69, 9.17) is 0 Å². The minimum absolute atomic E-state index is 0. The summed E-state index contributed by atoms with van der Waals surface area (Å²) < 4.78 is 26.9. The molecule has 0 saturated carbocycles. The highest BCUT2D eigenvalue weighted by Gasteiger charge is 2.33. The Hall–Kier alpha value is -0.270. The van der Waals surface area contributed by atoms with Crippen LogP contribution in [0.3, 0.4) is 0 Å². The zero-order valence-corrected chi connectivity index (χ0v) is 14.2. The number of nitrogens with one attached hydrogen (secondary N) is 1. The van der Waals surface area contributed by atoms with Gasteiger partial charge >= 0.3 is 0 Å². The Morgan fingerprint density at radius 1 is 1.40 bits per heavy atom. The Balaban J connectivity index is 0.00000200. The van der Waals surface area contributed by atoms with Gasteiger partial charge in [0, 0.05) is 18.0 Å². The Morgan fingerprint density at radius 3 is 2.75 bits per heavy atom. The van der Waals surface area contributed by atoms with Crippen molar-refractivity contribution in [3.8, 4) is 0 Å². The van der Waals surface area contributed by atoms with Crippen LogP contribution in [0.15, 0.2) is 34.1 Å². The molecule has 0 bridgehead atoms. The predicted octanol–water partition coefficient (Wildman–Crippen LogP) is 2.06. The highest BCUT2D eigenvalue weighted by atomic mass is 35.5. The van der Waals surface area contributed by atoms with Gasteiger partial charge in [-0.05, 0) is 44.3 Å². The second kappa shape index (κ2) is 7.66. The average molecular weight is 337 g/mol. The molecular formula is C13H21ClN2O2S2. The van der Waals surface area contributed by atoms with E-state index in [1.54, 1.807) is 16.4 Å². The van der Waals surface area contributed by atoms with Crippen molar-refractivity contribution in [3.63, 3.8) is 0 Å². The van der Waals surface area contributed by atoms with Gasteiger partial charge in [0.1, 0.15) is 0 Å². The van der Waals surface area contributed by atoms with E-state index < -0.39 is 10.0 Å². The molecule has 7 heteroatoms. The lowest BCUT2D eigenvalue weighted by molar-refractivity contribution is 0.450. The van der Waals surface area contributed by atoms with Gasteiger partial charge in [-0.25, -0.2) is 8.42 Å². The molecule has 2 rings (SSSR count). The molecule has 1 fully saturated rings. The van der Waals surface area contributed by atoms with E-state index in [1.165, 1.54) is 11.8 Å². The fraction of sp³-hybridized carbons (Fsp3) is 0.538. The normalized spacial score (nSPS) is 19.8. The van der Waals surface area contributed by atoms with Gasteiger partial charge in [0.15, 0.2) is 0 Å². The number of halogens is 1. The topological polar surface area (TPSA) is 49.4 Å². The molecule has 1 heterocycles. The molecule has 4 nitrogen and oxygen atoms in total. The van der Waals surface area contributed by atoms with Crippen LogP contribution >= 0.6 is 24.2 Å². The molecule has 1 atom stereocenters. The third-order valence-corrected chi connectivity index (χ3v) is 6.28. The van der Waals surface area contributed by atoms with Gasteiger partial charge in [-0.15, -0.1) is 24.2 Å². The van der Waals surface area contributed by atoms with Gasteiger partial charge in [0.25, 0.3) is 0 Å². The van der Waals surface area contributed by atoms with Crippen molar-refractivity contribution in [1.29, 1.82) is 0 Å². The number of sulfonamides is 1. The summed E-state index contributed by atoms with van der Waals surface area (Å²) in [6.45, 7) is 2.11. The van der Waals surface area contributed by atoms with Gasteiger partial charge in [0.2, 0.25) is 10.0 Å². The van der Waals surface area contributed by atoms with Crippen LogP contribution in [0.4, 0.5) is 0 Å². The monoisotopic (exact) mass is 336 g/mol. The maximum absolute atomic E-state index is 12.7. The summed E-state index contributed by atoms with van der Waals surface area (Å²) in [6.07, 6.45) is 2.84. The first-order chi connectivity index (χ1) is 9.09. The van der Waals surface area contributed by atoms with E-state index in [9.17, 15) is 8.42 Å². The maximum atomic E-state index is 12.7. The number of hydrogen-bond donors (Lipinski definition) is 1. The fourth-order valence-electron chi connectivity index (χ4n) is 2.44. The predicted molar refractivity (Wildman–Crippen MR) is 86.3 cm³/mol. The summed E-state index contributed by atoms with van der Waals surface area (Å²) in [5.74, 6) is 0.418. The minimum atomic E-state index is -3.35. The lowest BCUT2D eigenvalue weighted by Crippen LogP contribution is -2.30. The molecule has 1 unspecified atom stereocenters. The molecule has 1 aliphatic rings. The molecule has 0 radical (unpaired) electrons. The number of thioether (sulfide) groups is 1. The first kappa shape index (κ1) is 17.8. The summed E-state index contributed by atoms with van der Waals surface area (Å²) in [4.78, 5) is 1.26. The zero-order valence-electron chi connectivity index (χ0n) is 11.7. The van der Waals surface area contributed by atoms with Gasteiger partial charge in [-0.2, -0.15) is 4.31 Å². The largest absolute Gasteiger partial charge is 0.319 e. The van der Waals surface area contributed by atoms with Crippen molar-refractivity contribution in [2.45, 2.75) is 16.2 Å². The molecule has 0 amide bonds. The maximum Gasteiger partial charge on any atom is 0.244 e. The van der Waals surface area contributed by atoms with Crippen molar-refractivity contribution >= 4 is 34.2 Å². The first-order valence-electron chi connectivity index (χ1n) is 6.37. The van der Waals surface area contributed by atoms with Crippen molar-refractivity contribution in [2.24, 2.45) is 5.92 Å². The Labute approximate surface area is 131 Å². The Bertz CT molecular complexity index is 537. The molecule has 1 saturated heterocycles. The van der Waals surface area contributed by atoms with E-state index in [0.29, 0.717) is 23.9 Å². The van der Waals surface area contributed by atoms with E-state index in [-0.39, 0.29) is 12.4 Å². The first-order valence-corrected chi connectivity index (χ1v) is 9.04. The number of benzene rings is 1. The fourth-order valence-corrected chi connectivity index (χ4v) is 5.10. The Kier molecular flexibility index (Phi) is 6.81. The minimum Gasteiger partial charge on any atom is -0.319 e. The second-order valence-electron chi connectivity index (χ2n) is 4.73. The van der Waals surface area contributed by atoms with Crippen molar-refractivity contribution in [2.75, 3.05) is 32.9 Å². The molecule has 0 spiro atoms. The summed E-state index contributed by atoms with van der Waals surface area (Å²) in [7, 11) is -1.45. The standard InChI is InChI=1S/C13H20N2O2S2.ClH/c1-14-9-11-7-8-15(10-11)19(16,17)13-6-4-3-5-12(13)18-2;/h3-6,11,14H,7-10H2,1-2H3;1H. The van der Waals surface area contributed by atoms with Crippen LogP contribution < -0.4 is 5.32 Å². The van der Waals surface area contributed by atoms with Crippen LogP contribution in [0.5, 0.6) is 0 Å². The average Bonchev–Trinajstić information content (AvgIpc) is 2.88. The van der Waals surface area contributed by atoms with E-state index >= 15 is 0 Å². The highest BCUT2D eigenvalue weighted by molar-refractivity contribution is 7.99. The summed E-state index contributed by atoms with van der Waals surface area (Å²) >= 11 is 1.47. The molecular weight excluding hydrogens is 316 g/mol. The van der Waals surface area contributed by atoms with Crippen LogP contribution in [-0.4, -0.2) is 45.7 Å². The third-order valence-electron chi connectivity index (χ3n) is 3.43. The van der Waals surface area contributed by atoms with Crippen molar-refractivity contribution in [1.82, 2.24) is 9.62 Å². The molecule has 20 heavy (non-hydrogen) atoms. The SMILES string of the molecule is CNCC1CCN(S(=O)(=O)c2ccccc2SC)C1.Cl. The molecule has 0 aliphatic carbocycles. The van der Waals surface area contributed by atoms with E-state index in [1.807, 2.05) is 25.4 Å². The lowest BCUT2D eigenvalue weighted by atomic mass is 10.1. The zero-order chi connectivity index (χ0) is 13.9. The van der Waals surface area contributed by atoms with Gasteiger partial charge in [-0.3, -0.25) is 0 Å². The van der Waals surface area contributed by atoms with Gasteiger partial charge in [-0.1, -0.05) is 12.1 Å². The number of hydrogen-bond acceptors (Lipinski definition) is 4. The van der Waals surface area contributed by atoms with Gasteiger partial charge < -0.3 is 5.32 Å². The molecule has 1 aromatic rings. The summed E-state index contributed by atoms with van der Waals surface area (Å²) in [6, 6.07) is 7.22. The molecule has 114 valence electrons. The number of nitrogens with zero attached hydrogens (tertiary/aromatic N) is 1. The van der Waals surface area contributed by atoms with E-state index in [2.05, 4.69) is 5.32 Å². The molecule has 1 aromatic carbocycles. The smallest absolute Gasteiger partial charge is 0.244 e. The van der Waals surface area contributed by atoms with Gasteiger partial charge in [0.05, 0.1) is 4.90 Å². The van der Waals surface area contributed by atoms with Crippen LogP contribution in [0.1, 0.15) is 6.42 Å². The van der Waals surface area contributed by atoms with E-state index in [0.717, 1.165) is 17.9 Å². The van der Waals surface area contributed by atoms with Crippen LogP contribution in [0, 0.1) is 5.92 Å². The summed E-state index contributed by atoms with van der Waals surface area (Å²) in [5.41, 5.74) is 0. The lowest BCUT2D eigenvalue weighted by Gasteiger charge is -2.18.